The van der Waals surface area contributed by atoms with Gasteiger partial charge in [0.05, 0.1) is 6.61 Å². The van der Waals surface area contributed by atoms with E-state index in [9.17, 15) is 12.8 Å². The van der Waals surface area contributed by atoms with Gasteiger partial charge >= 0.3 is 0 Å². The zero-order chi connectivity index (χ0) is 14.8. The van der Waals surface area contributed by atoms with Crippen molar-refractivity contribution in [2.75, 3.05) is 4.72 Å². The second-order valence-corrected chi connectivity index (χ2v) is 6.05. The molecule has 0 unspecified atom stereocenters. The molecule has 0 aromatic heterocycles. The number of sulfonamides is 1. The highest BCUT2D eigenvalue weighted by atomic mass is 32.2. The Labute approximate surface area is 116 Å². The molecule has 106 valence electrons. The molecule has 2 aromatic carbocycles. The van der Waals surface area contributed by atoms with Crippen LogP contribution < -0.4 is 4.72 Å². The molecule has 0 fully saturated rings. The molecular weight excluding hydrogens is 281 g/mol. The number of rotatable bonds is 4. The molecular formula is C14H14FNO3S. The fourth-order valence-corrected chi connectivity index (χ4v) is 2.93. The molecule has 2 N–H and O–H groups in total. The molecule has 0 spiro atoms. The summed E-state index contributed by atoms with van der Waals surface area (Å²) in [6, 6.07) is 10.1. The molecule has 0 aliphatic rings. The predicted molar refractivity (Wildman–Crippen MR) is 74.3 cm³/mol. The van der Waals surface area contributed by atoms with Crippen LogP contribution in [-0.2, 0) is 16.6 Å². The highest BCUT2D eigenvalue weighted by molar-refractivity contribution is 7.92. The summed E-state index contributed by atoms with van der Waals surface area (Å²) in [6.45, 7) is 1.56. The molecule has 4 nitrogen and oxygen atoms in total. The lowest BCUT2D eigenvalue weighted by atomic mass is 10.2. The Morgan fingerprint density at radius 2 is 1.80 bits per heavy atom. The first kappa shape index (κ1) is 14.5. The van der Waals surface area contributed by atoms with Gasteiger partial charge in [0.15, 0.2) is 0 Å². The summed E-state index contributed by atoms with van der Waals surface area (Å²) < 4.78 is 40.2. The van der Waals surface area contributed by atoms with Gasteiger partial charge < -0.3 is 5.11 Å². The summed E-state index contributed by atoms with van der Waals surface area (Å²) in [5.41, 5.74) is 1.63. The Morgan fingerprint density at radius 3 is 2.40 bits per heavy atom. The van der Waals surface area contributed by atoms with E-state index in [1.54, 1.807) is 19.1 Å². The standard InChI is InChI=1S/C14H14FNO3S/c1-10-2-7-13(15)14(8-10)20(18,19)16-12-5-3-11(9-17)4-6-12/h2-8,16-17H,9H2,1H3. The number of aliphatic hydroxyl groups is 1. The van der Waals surface area contributed by atoms with Crippen LogP contribution in [0.15, 0.2) is 47.4 Å². The summed E-state index contributed by atoms with van der Waals surface area (Å²) in [5, 5.41) is 8.92. The van der Waals surface area contributed by atoms with Crippen LogP contribution >= 0.6 is 0 Å². The van der Waals surface area contributed by atoms with Crippen molar-refractivity contribution in [3.05, 3.63) is 59.4 Å². The number of halogens is 1. The topological polar surface area (TPSA) is 66.4 Å². The third-order valence-electron chi connectivity index (χ3n) is 2.76. The molecule has 0 amide bonds. The maximum atomic E-state index is 13.6. The van der Waals surface area contributed by atoms with Crippen LogP contribution in [0.25, 0.3) is 0 Å². The molecule has 6 heteroatoms. The lowest BCUT2D eigenvalue weighted by Gasteiger charge is -2.10. The van der Waals surface area contributed by atoms with Gasteiger partial charge in [-0.2, -0.15) is 0 Å². The summed E-state index contributed by atoms with van der Waals surface area (Å²) in [4.78, 5) is -0.385. The minimum atomic E-state index is -3.97. The van der Waals surface area contributed by atoms with Gasteiger partial charge in [-0.15, -0.1) is 0 Å². The van der Waals surface area contributed by atoms with E-state index in [1.165, 1.54) is 24.3 Å². The molecule has 2 aromatic rings. The predicted octanol–water partition coefficient (Wildman–Crippen LogP) is 2.43. The fourth-order valence-electron chi connectivity index (χ4n) is 1.70. The molecule has 2 rings (SSSR count). The van der Waals surface area contributed by atoms with E-state index in [1.807, 2.05) is 0 Å². The van der Waals surface area contributed by atoms with Crippen molar-refractivity contribution in [3.8, 4) is 0 Å². The first-order valence-electron chi connectivity index (χ1n) is 5.91. The molecule has 0 aliphatic heterocycles. The van der Waals surface area contributed by atoms with Gasteiger partial charge in [-0.05, 0) is 42.3 Å². The van der Waals surface area contributed by atoms with Crippen LogP contribution in [0, 0.1) is 12.7 Å². The van der Waals surface area contributed by atoms with Gasteiger partial charge in [0, 0.05) is 5.69 Å². The third-order valence-corrected chi connectivity index (χ3v) is 4.16. The average Bonchev–Trinajstić information content (AvgIpc) is 2.42. The van der Waals surface area contributed by atoms with Gasteiger partial charge in [-0.3, -0.25) is 4.72 Å². The normalized spacial score (nSPS) is 11.3. The summed E-state index contributed by atoms with van der Waals surface area (Å²) in [7, 11) is -3.97. The number of aliphatic hydroxyl groups excluding tert-OH is 1. The molecule has 0 aliphatic carbocycles. The van der Waals surface area contributed by atoms with Crippen LogP contribution in [0.5, 0.6) is 0 Å². The third kappa shape index (κ3) is 3.15. The minimum Gasteiger partial charge on any atom is -0.392 e. The molecule has 0 heterocycles. The van der Waals surface area contributed by atoms with Crippen molar-refractivity contribution in [2.24, 2.45) is 0 Å². The Hall–Kier alpha value is -1.92. The second kappa shape index (κ2) is 5.60. The van der Waals surface area contributed by atoms with Crippen LogP contribution in [0.1, 0.15) is 11.1 Å². The summed E-state index contributed by atoms with van der Waals surface area (Å²) in [6.07, 6.45) is 0. The van der Waals surface area contributed by atoms with Gasteiger partial charge in [0.2, 0.25) is 0 Å². The maximum Gasteiger partial charge on any atom is 0.264 e. The van der Waals surface area contributed by atoms with Crippen molar-refractivity contribution in [1.29, 1.82) is 0 Å². The number of aryl methyl sites for hydroxylation is 1. The molecule has 0 radical (unpaired) electrons. The lowest BCUT2D eigenvalue weighted by Crippen LogP contribution is -2.14. The summed E-state index contributed by atoms with van der Waals surface area (Å²) in [5.74, 6) is -0.796. The Balaban J connectivity index is 2.32. The molecule has 20 heavy (non-hydrogen) atoms. The van der Waals surface area contributed by atoms with Crippen LogP contribution in [0.4, 0.5) is 10.1 Å². The van der Waals surface area contributed by atoms with Gasteiger partial charge in [-0.1, -0.05) is 18.2 Å². The largest absolute Gasteiger partial charge is 0.392 e. The van der Waals surface area contributed by atoms with Crippen molar-refractivity contribution < 1.29 is 17.9 Å². The smallest absolute Gasteiger partial charge is 0.264 e. The van der Waals surface area contributed by atoms with Crippen molar-refractivity contribution >= 4 is 15.7 Å². The van der Waals surface area contributed by atoms with Crippen LogP contribution in [0.3, 0.4) is 0 Å². The highest BCUT2D eigenvalue weighted by Crippen LogP contribution is 2.20. The Morgan fingerprint density at radius 1 is 1.15 bits per heavy atom. The van der Waals surface area contributed by atoms with Crippen LogP contribution in [0.2, 0.25) is 0 Å². The van der Waals surface area contributed by atoms with Gasteiger partial charge in [0.1, 0.15) is 10.7 Å². The fraction of sp³-hybridized carbons (Fsp3) is 0.143. The van der Waals surface area contributed by atoms with Gasteiger partial charge in [0.25, 0.3) is 10.0 Å². The number of hydrogen-bond donors (Lipinski definition) is 2. The Bertz CT molecular complexity index is 712. The van der Waals surface area contributed by atoms with E-state index in [0.717, 1.165) is 6.07 Å². The monoisotopic (exact) mass is 295 g/mol. The van der Waals surface area contributed by atoms with E-state index < -0.39 is 15.8 Å². The highest BCUT2D eigenvalue weighted by Gasteiger charge is 2.19. The molecule has 0 atom stereocenters. The zero-order valence-corrected chi connectivity index (χ0v) is 11.6. The Kier molecular flexibility index (Phi) is 4.06. The van der Waals surface area contributed by atoms with Crippen molar-refractivity contribution in [1.82, 2.24) is 0 Å². The lowest BCUT2D eigenvalue weighted by molar-refractivity contribution is 0.282. The SMILES string of the molecule is Cc1ccc(F)c(S(=O)(=O)Nc2ccc(CO)cc2)c1. The van der Waals surface area contributed by atoms with E-state index in [2.05, 4.69) is 4.72 Å². The number of benzene rings is 2. The summed E-state index contributed by atoms with van der Waals surface area (Å²) >= 11 is 0. The quantitative estimate of drug-likeness (QED) is 0.910. The molecule has 0 bridgehead atoms. The zero-order valence-electron chi connectivity index (χ0n) is 10.8. The van der Waals surface area contributed by atoms with Crippen molar-refractivity contribution in [2.45, 2.75) is 18.4 Å². The first-order chi connectivity index (χ1) is 9.42. The van der Waals surface area contributed by atoms with E-state index in [4.69, 9.17) is 5.11 Å². The van der Waals surface area contributed by atoms with E-state index >= 15 is 0 Å². The molecule has 0 saturated heterocycles. The molecule has 0 saturated carbocycles. The van der Waals surface area contributed by atoms with Crippen LogP contribution in [-0.4, -0.2) is 13.5 Å². The van der Waals surface area contributed by atoms with Gasteiger partial charge in [-0.25, -0.2) is 12.8 Å². The first-order valence-corrected chi connectivity index (χ1v) is 7.39. The number of nitrogens with one attached hydrogen (secondary N) is 1. The minimum absolute atomic E-state index is 0.125. The number of anilines is 1. The number of hydrogen-bond acceptors (Lipinski definition) is 3. The van der Waals surface area contributed by atoms with E-state index in [0.29, 0.717) is 16.8 Å². The maximum absolute atomic E-state index is 13.6. The second-order valence-electron chi connectivity index (χ2n) is 4.39. The van der Waals surface area contributed by atoms with Crippen molar-refractivity contribution in [3.63, 3.8) is 0 Å². The average molecular weight is 295 g/mol. The van der Waals surface area contributed by atoms with E-state index in [-0.39, 0.29) is 11.5 Å².